The maximum Gasteiger partial charge on any atom is 0.274 e. The number of nitrogens with zero attached hydrogens (tertiary/aromatic N) is 4. The normalized spacial score (nSPS) is 16.6. The van der Waals surface area contributed by atoms with Crippen LogP contribution >= 0.6 is 11.3 Å². The largest absolute Gasteiger partial charge is 0.334 e. The summed E-state index contributed by atoms with van der Waals surface area (Å²) in [5.74, 6) is -0.287. The fraction of sp³-hybridized carbons (Fsp3) is 0.320. The van der Waals surface area contributed by atoms with Gasteiger partial charge < -0.3 is 9.30 Å². The number of imidazole rings is 1. The molecule has 3 aromatic heterocycles. The average Bonchev–Trinajstić information content (AvgIpc) is 3.37. The minimum atomic E-state index is -0.277. The number of aromatic nitrogens is 3. The van der Waals surface area contributed by atoms with E-state index in [0.29, 0.717) is 12.1 Å². The number of rotatable bonds is 4. The molecule has 1 amide bonds. The van der Waals surface area contributed by atoms with E-state index in [0.717, 1.165) is 58.2 Å². The van der Waals surface area contributed by atoms with Crippen LogP contribution in [0.15, 0.2) is 48.8 Å². The third-order valence-corrected chi connectivity index (χ3v) is 7.08. The van der Waals surface area contributed by atoms with Crippen molar-refractivity contribution in [3.05, 3.63) is 76.6 Å². The van der Waals surface area contributed by atoms with Crippen LogP contribution in [-0.4, -0.2) is 37.8 Å². The summed E-state index contributed by atoms with van der Waals surface area (Å²) < 4.78 is 15.5. The van der Waals surface area contributed by atoms with Crippen molar-refractivity contribution in [2.24, 2.45) is 0 Å². The lowest BCUT2D eigenvalue weighted by Crippen LogP contribution is -2.45. The van der Waals surface area contributed by atoms with E-state index in [1.165, 1.54) is 12.3 Å². The number of carbonyl (C=O) groups is 1. The molecule has 5 nitrogen and oxygen atoms in total. The van der Waals surface area contributed by atoms with E-state index in [2.05, 4.69) is 4.98 Å². The molecular weight excluding hydrogens is 423 g/mol. The topological polar surface area (TPSA) is 50.5 Å². The number of pyridine rings is 1. The first kappa shape index (κ1) is 20.8. The molecule has 0 aliphatic carbocycles. The fourth-order valence-corrected chi connectivity index (χ4v) is 5.51. The molecule has 1 aromatic carbocycles. The van der Waals surface area contributed by atoms with Gasteiger partial charge >= 0.3 is 0 Å². The highest BCUT2D eigenvalue weighted by Crippen LogP contribution is 2.32. The monoisotopic (exact) mass is 448 g/mol. The van der Waals surface area contributed by atoms with Gasteiger partial charge in [0.15, 0.2) is 0 Å². The van der Waals surface area contributed by atoms with Gasteiger partial charge in [0.05, 0.1) is 15.6 Å². The molecule has 4 heterocycles. The van der Waals surface area contributed by atoms with Crippen LogP contribution in [0.25, 0.3) is 16.1 Å². The van der Waals surface area contributed by atoms with Gasteiger partial charge in [0.2, 0.25) is 0 Å². The molecule has 164 valence electrons. The predicted octanol–water partition coefficient (Wildman–Crippen LogP) is 5.45. The Morgan fingerprint density at radius 1 is 1.16 bits per heavy atom. The third kappa shape index (κ3) is 3.93. The number of carbonyl (C=O) groups excluding carboxylic acids is 1. The van der Waals surface area contributed by atoms with E-state index in [1.807, 2.05) is 55.3 Å². The Morgan fingerprint density at radius 2 is 1.97 bits per heavy atom. The maximum atomic E-state index is 13.8. The quantitative estimate of drug-likeness (QED) is 0.417. The zero-order valence-corrected chi connectivity index (χ0v) is 19.0. The molecule has 0 radical (unpaired) electrons. The molecule has 7 heteroatoms. The summed E-state index contributed by atoms with van der Waals surface area (Å²) >= 11 is 1.56. The standard InChI is InChI=1S/C25H25FN4OS/c1-16-12-19(26)14-29-15-20(28-24(16)29)13-21-10-6-7-11-30(21)25(31)22-23(32-17(2)27-22)18-8-4-3-5-9-18/h3-5,8-9,12,14-15,21H,6-7,10-11,13H2,1-2H3. The van der Waals surface area contributed by atoms with Crippen LogP contribution in [0.3, 0.4) is 0 Å². The van der Waals surface area contributed by atoms with Crippen molar-refractivity contribution in [2.45, 2.75) is 45.6 Å². The van der Waals surface area contributed by atoms with E-state index in [1.54, 1.807) is 15.7 Å². The van der Waals surface area contributed by atoms with Gasteiger partial charge in [-0.3, -0.25) is 4.79 Å². The molecule has 1 unspecified atom stereocenters. The fourth-order valence-electron chi connectivity index (χ4n) is 4.59. The molecule has 0 saturated carbocycles. The first-order valence-corrected chi connectivity index (χ1v) is 11.8. The number of benzene rings is 1. The van der Waals surface area contributed by atoms with Gasteiger partial charge in [0.1, 0.15) is 17.2 Å². The van der Waals surface area contributed by atoms with Gasteiger partial charge in [0.25, 0.3) is 5.91 Å². The summed E-state index contributed by atoms with van der Waals surface area (Å²) in [5.41, 5.74) is 4.00. The molecular formula is C25H25FN4OS. The molecule has 4 aromatic rings. The number of hydrogen-bond acceptors (Lipinski definition) is 4. The lowest BCUT2D eigenvalue weighted by atomic mass is 9.97. The molecule has 1 aliphatic heterocycles. The zero-order chi connectivity index (χ0) is 22.2. The van der Waals surface area contributed by atoms with Crippen molar-refractivity contribution in [2.75, 3.05) is 6.54 Å². The van der Waals surface area contributed by atoms with Crippen molar-refractivity contribution >= 4 is 22.9 Å². The van der Waals surface area contributed by atoms with Gasteiger partial charge in [-0.15, -0.1) is 11.3 Å². The Hall–Kier alpha value is -3.06. The number of aryl methyl sites for hydroxylation is 2. The van der Waals surface area contributed by atoms with Crippen molar-refractivity contribution in [3.63, 3.8) is 0 Å². The SMILES string of the molecule is Cc1nc(C(=O)N2CCCCC2Cc2cn3cc(F)cc(C)c3n2)c(-c2ccccc2)s1. The van der Waals surface area contributed by atoms with Gasteiger partial charge in [0, 0.05) is 31.4 Å². The average molecular weight is 449 g/mol. The smallest absolute Gasteiger partial charge is 0.274 e. The van der Waals surface area contributed by atoms with E-state index in [4.69, 9.17) is 4.98 Å². The first-order chi connectivity index (χ1) is 15.5. The molecule has 32 heavy (non-hydrogen) atoms. The molecule has 1 saturated heterocycles. The molecule has 1 atom stereocenters. The second-order valence-electron chi connectivity index (χ2n) is 8.43. The van der Waals surface area contributed by atoms with Crippen LogP contribution in [0, 0.1) is 19.7 Å². The van der Waals surface area contributed by atoms with E-state index in [-0.39, 0.29) is 17.8 Å². The minimum Gasteiger partial charge on any atom is -0.334 e. The van der Waals surface area contributed by atoms with Crippen LogP contribution in [0.2, 0.25) is 0 Å². The van der Waals surface area contributed by atoms with E-state index >= 15 is 0 Å². The highest BCUT2D eigenvalue weighted by atomic mass is 32.1. The van der Waals surface area contributed by atoms with Crippen LogP contribution in [0.1, 0.15) is 46.0 Å². The number of likely N-dealkylation sites (tertiary alicyclic amines) is 1. The second kappa shape index (κ2) is 8.47. The summed E-state index contributed by atoms with van der Waals surface area (Å²) in [6.45, 7) is 4.52. The number of fused-ring (bicyclic) bond motifs is 1. The highest BCUT2D eigenvalue weighted by molar-refractivity contribution is 7.15. The number of piperidine rings is 1. The molecule has 5 rings (SSSR count). The van der Waals surface area contributed by atoms with E-state index < -0.39 is 0 Å². The van der Waals surface area contributed by atoms with Gasteiger partial charge in [-0.1, -0.05) is 30.3 Å². The summed E-state index contributed by atoms with van der Waals surface area (Å²) in [6.07, 6.45) is 6.98. The van der Waals surface area contributed by atoms with Gasteiger partial charge in [-0.05, 0) is 50.3 Å². The van der Waals surface area contributed by atoms with Crippen LogP contribution in [0.4, 0.5) is 4.39 Å². The number of hydrogen-bond donors (Lipinski definition) is 0. The molecule has 0 spiro atoms. The van der Waals surface area contributed by atoms with Crippen molar-refractivity contribution in [1.29, 1.82) is 0 Å². The summed E-state index contributed by atoms with van der Waals surface area (Å²) in [5, 5.41) is 0.888. The number of thiazole rings is 1. The van der Waals surface area contributed by atoms with Crippen molar-refractivity contribution in [1.82, 2.24) is 19.3 Å². The third-order valence-electron chi connectivity index (χ3n) is 6.06. The zero-order valence-electron chi connectivity index (χ0n) is 18.2. The first-order valence-electron chi connectivity index (χ1n) is 11.0. The number of halogens is 1. The molecule has 1 aliphatic rings. The Kier molecular flexibility index (Phi) is 5.51. The number of amides is 1. The van der Waals surface area contributed by atoms with Gasteiger partial charge in [-0.25, -0.2) is 14.4 Å². The summed E-state index contributed by atoms with van der Waals surface area (Å²) in [4.78, 5) is 25.9. The Balaban J connectivity index is 1.44. The summed E-state index contributed by atoms with van der Waals surface area (Å²) in [6, 6.07) is 11.5. The Morgan fingerprint density at radius 3 is 2.78 bits per heavy atom. The second-order valence-corrected chi connectivity index (χ2v) is 9.64. The van der Waals surface area contributed by atoms with Crippen molar-refractivity contribution < 1.29 is 9.18 Å². The lowest BCUT2D eigenvalue weighted by molar-refractivity contribution is 0.0608. The van der Waals surface area contributed by atoms with Crippen LogP contribution < -0.4 is 0 Å². The van der Waals surface area contributed by atoms with Crippen LogP contribution in [-0.2, 0) is 6.42 Å². The maximum absolute atomic E-state index is 13.8. The predicted molar refractivity (Wildman–Crippen MR) is 125 cm³/mol. The van der Waals surface area contributed by atoms with Crippen molar-refractivity contribution in [3.8, 4) is 10.4 Å². The van der Waals surface area contributed by atoms with Crippen LogP contribution in [0.5, 0.6) is 0 Å². The molecule has 0 N–H and O–H groups in total. The minimum absolute atomic E-state index is 0.0103. The summed E-state index contributed by atoms with van der Waals surface area (Å²) in [7, 11) is 0. The highest BCUT2D eigenvalue weighted by Gasteiger charge is 2.31. The molecule has 1 fully saturated rings. The lowest BCUT2D eigenvalue weighted by Gasteiger charge is -2.35. The van der Waals surface area contributed by atoms with Gasteiger partial charge in [-0.2, -0.15) is 0 Å². The Bertz CT molecular complexity index is 1280. The van der Waals surface area contributed by atoms with E-state index in [9.17, 15) is 9.18 Å². The Labute approximate surface area is 190 Å². The molecule has 0 bridgehead atoms.